The first-order valence-electron chi connectivity index (χ1n) is 12.7. The zero-order chi connectivity index (χ0) is 26.5. The van der Waals surface area contributed by atoms with Crippen LogP contribution < -0.4 is 0 Å². The average molecular weight is 539 g/mol. The summed E-state index contributed by atoms with van der Waals surface area (Å²) < 4.78 is 0. The van der Waals surface area contributed by atoms with E-state index in [2.05, 4.69) is 165 Å². The summed E-state index contributed by atoms with van der Waals surface area (Å²) >= 11 is 0. The standard InChI is InChI=1S/C12H12.3C8H10.4CH4/c1-9-3-5-11-6-4-10(2)8-12(11)7-9;1-7-3-5-8(2)6-4-7;1-7-4-3-5-8(2)6-7;1-7-5-3-4-6-8(7)2;;;;/h3-8H,1-2H3;3*3-6H,1-2H3;4*1H4. The van der Waals surface area contributed by atoms with Gasteiger partial charge in [-0.25, -0.2) is 0 Å². The minimum atomic E-state index is 0. The van der Waals surface area contributed by atoms with Crippen LogP contribution >= 0.6 is 0 Å². The molecule has 5 aromatic rings. The van der Waals surface area contributed by atoms with Crippen LogP contribution in [-0.4, -0.2) is 0 Å². The van der Waals surface area contributed by atoms with Gasteiger partial charge in [0.1, 0.15) is 0 Å². The van der Waals surface area contributed by atoms with E-state index in [0.717, 1.165) is 0 Å². The van der Waals surface area contributed by atoms with E-state index in [4.69, 9.17) is 0 Å². The molecule has 5 rings (SSSR count). The predicted molar refractivity (Wildman–Crippen MR) is 188 cm³/mol. The highest BCUT2D eigenvalue weighted by atomic mass is 14.0. The number of aryl methyl sites for hydroxylation is 8. The maximum atomic E-state index is 2.22. The average Bonchev–Trinajstić information content (AvgIpc) is 2.84. The van der Waals surface area contributed by atoms with Gasteiger partial charge in [-0.15, -0.1) is 0 Å². The molecule has 218 valence electrons. The van der Waals surface area contributed by atoms with Crippen LogP contribution in [0.5, 0.6) is 0 Å². The third-order valence-corrected chi connectivity index (χ3v) is 5.97. The maximum Gasteiger partial charge on any atom is -0.0179 e. The van der Waals surface area contributed by atoms with Gasteiger partial charge in [0.25, 0.3) is 0 Å². The fraction of sp³-hybridized carbons (Fsp3) is 0.300. The number of hydrogen-bond acceptors (Lipinski definition) is 0. The van der Waals surface area contributed by atoms with E-state index >= 15 is 0 Å². The van der Waals surface area contributed by atoms with Gasteiger partial charge >= 0.3 is 0 Å². The van der Waals surface area contributed by atoms with E-state index in [1.165, 1.54) is 55.3 Å². The monoisotopic (exact) mass is 538 g/mol. The van der Waals surface area contributed by atoms with Crippen LogP contribution in [0.4, 0.5) is 0 Å². The molecule has 40 heavy (non-hydrogen) atoms. The lowest BCUT2D eigenvalue weighted by molar-refractivity contribution is 1.34. The predicted octanol–water partition coefficient (Wildman–Crippen LogP) is 12.9. The zero-order valence-electron chi connectivity index (χ0n) is 23.4. The first kappa shape index (κ1) is 40.9. The van der Waals surface area contributed by atoms with Crippen molar-refractivity contribution in [3.63, 3.8) is 0 Å². The Bertz CT molecular complexity index is 1240. The Labute approximate surface area is 249 Å². The van der Waals surface area contributed by atoms with Gasteiger partial charge in [-0.05, 0) is 77.3 Å². The fourth-order valence-electron chi connectivity index (χ4n) is 3.59. The molecule has 0 nitrogen and oxygen atoms in total. The molecule has 0 fully saturated rings. The Morgan fingerprint density at radius 3 is 0.900 bits per heavy atom. The number of fused-ring (bicyclic) bond motifs is 1. The van der Waals surface area contributed by atoms with Crippen molar-refractivity contribution in [3.8, 4) is 0 Å². The largest absolute Gasteiger partial charge is 0.0776 e. The summed E-state index contributed by atoms with van der Waals surface area (Å²) in [4.78, 5) is 0. The number of benzene rings is 5. The molecule has 0 heteroatoms. The second-order valence-electron chi connectivity index (χ2n) is 9.75. The van der Waals surface area contributed by atoms with Gasteiger partial charge < -0.3 is 0 Å². The van der Waals surface area contributed by atoms with Crippen molar-refractivity contribution in [1.29, 1.82) is 0 Å². The molecule has 0 bridgehead atoms. The first-order chi connectivity index (χ1) is 17.1. The molecule has 5 aromatic carbocycles. The van der Waals surface area contributed by atoms with Gasteiger partial charge in [0.05, 0.1) is 0 Å². The van der Waals surface area contributed by atoms with Crippen molar-refractivity contribution >= 4 is 10.8 Å². The summed E-state index contributed by atoms with van der Waals surface area (Å²) in [7, 11) is 0. The smallest absolute Gasteiger partial charge is 0.0179 e. The van der Waals surface area contributed by atoms with E-state index in [-0.39, 0.29) is 29.7 Å². The molecule has 0 saturated carbocycles. The fourth-order valence-corrected chi connectivity index (χ4v) is 3.59. The molecule has 0 heterocycles. The first-order valence-corrected chi connectivity index (χ1v) is 12.7. The normalized spacial score (nSPS) is 8.70. The second-order valence-corrected chi connectivity index (χ2v) is 9.75. The van der Waals surface area contributed by atoms with E-state index in [9.17, 15) is 0 Å². The highest BCUT2D eigenvalue weighted by Crippen LogP contribution is 2.16. The Hall–Kier alpha value is -3.64. The van der Waals surface area contributed by atoms with E-state index < -0.39 is 0 Å². The maximum absolute atomic E-state index is 2.22. The van der Waals surface area contributed by atoms with E-state index in [1.807, 2.05) is 0 Å². The van der Waals surface area contributed by atoms with Crippen molar-refractivity contribution in [1.82, 2.24) is 0 Å². The topological polar surface area (TPSA) is 0 Å². The molecular formula is C40H58. The van der Waals surface area contributed by atoms with Crippen LogP contribution in [0.1, 0.15) is 74.2 Å². The molecule has 0 aliphatic heterocycles. The van der Waals surface area contributed by atoms with Gasteiger partial charge in [0, 0.05) is 0 Å². The lowest BCUT2D eigenvalue weighted by atomic mass is 10.1. The molecule has 0 aliphatic rings. The lowest BCUT2D eigenvalue weighted by Crippen LogP contribution is -1.76. The SMILES string of the molecule is C.C.C.C.Cc1ccc(C)cc1.Cc1ccc2ccc(C)cc2c1.Cc1cccc(C)c1.Cc1ccccc1C. The molecule has 0 spiro atoms. The van der Waals surface area contributed by atoms with Crippen molar-refractivity contribution in [2.24, 2.45) is 0 Å². The van der Waals surface area contributed by atoms with Crippen molar-refractivity contribution in [2.75, 3.05) is 0 Å². The quantitative estimate of drug-likeness (QED) is 0.184. The Morgan fingerprint density at radius 1 is 0.275 bits per heavy atom. The van der Waals surface area contributed by atoms with Gasteiger partial charge in [-0.1, -0.05) is 172 Å². The van der Waals surface area contributed by atoms with Crippen LogP contribution in [0.2, 0.25) is 0 Å². The summed E-state index contributed by atoms with van der Waals surface area (Å²) in [6.07, 6.45) is 0. The van der Waals surface area contributed by atoms with Crippen LogP contribution in [0, 0.1) is 55.4 Å². The summed E-state index contributed by atoms with van der Waals surface area (Å²) in [6, 6.07) is 38.4. The molecule has 0 amide bonds. The summed E-state index contributed by atoms with van der Waals surface area (Å²) in [6.45, 7) is 16.9. The molecule has 0 unspecified atom stereocenters. The highest BCUT2D eigenvalue weighted by molar-refractivity contribution is 5.83. The molecule has 0 saturated heterocycles. The third kappa shape index (κ3) is 15.7. The Balaban J connectivity index is -0.000000449. The molecule has 0 aliphatic carbocycles. The third-order valence-electron chi connectivity index (χ3n) is 5.97. The minimum absolute atomic E-state index is 0. The summed E-state index contributed by atoms with van der Waals surface area (Å²) in [5.41, 5.74) is 10.7. The Morgan fingerprint density at radius 2 is 0.600 bits per heavy atom. The van der Waals surface area contributed by atoms with E-state index in [1.54, 1.807) is 0 Å². The summed E-state index contributed by atoms with van der Waals surface area (Å²) in [5.74, 6) is 0. The van der Waals surface area contributed by atoms with Gasteiger partial charge in [-0.3, -0.25) is 0 Å². The van der Waals surface area contributed by atoms with Crippen molar-refractivity contribution in [3.05, 3.63) is 154 Å². The molecular weight excluding hydrogens is 480 g/mol. The van der Waals surface area contributed by atoms with Crippen molar-refractivity contribution in [2.45, 2.75) is 85.1 Å². The van der Waals surface area contributed by atoms with Crippen LogP contribution in [-0.2, 0) is 0 Å². The molecule has 0 atom stereocenters. The Kier molecular flexibility index (Phi) is 21.7. The number of rotatable bonds is 0. The molecule has 0 aromatic heterocycles. The van der Waals surface area contributed by atoms with Crippen molar-refractivity contribution < 1.29 is 0 Å². The second kappa shape index (κ2) is 21.2. The van der Waals surface area contributed by atoms with Gasteiger partial charge in [0.2, 0.25) is 0 Å². The van der Waals surface area contributed by atoms with Gasteiger partial charge in [-0.2, -0.15) is 0 Å². The highest BCUT2D eigenvalue weighted by Gasteiger charge is 1.92. The van der Waals surface area contributed by atoms with Crippen LogP contribution in [0.3, 0.4) is 0 Å². The van der Waals surface area contributed by atoms with Crippen LogP contribution in [0.25, 0.3) is 10.8 Å². The molecule has 0 radical (unpaired) electrons. The van der Waals surface area contributed by atoms with Crippen LogP contribution in [0.15, 0.2) is 109 Å². The van der Waals surface area contributed by atoms with E-state index in [0.29, 0.717) is 0 Å². The minimum Gasteiger partial charge on any atom is -0.0776 e. The number of hydrogen-bond donors (Lipinski definition) is 0. The zero-order valence-corrected chi connectivity index (χ0v) is 23.4. The summed E-state index contributed by atoms with van der Waals surface area (Å²) in [5, 5.41) is 2.67. The molecule has 0 N–H and O–H groups in total. The van der Waals surface area contributed by atoms with Gasteiger partial charge in [0.15, 0.2) is 0 Å². The lowest BCUT2D eigenvalue weighted by Gasteiger charge is -1.99.